The number of hydrazone groups is 1. The maximum Gasteiger partial charge on any atom is 0.256 e. The van der Waals surface area contributed by atoms with Crippen LogP contribution < -0.4 is 10.3 Å². The van der Waals surface area contributed by atoms with Gasteiger partial charge in [0.05, 0.1) is 23.2 Å². The lowest BCUT2D eigenvalue weighted by Crippen LogP contribution is -2.35. The first-order valence-electron chi connectivity index (χ1n) is 11.0. The van der Waals surface area contributed by atoms with Crippen LogP contribution in [0.25, 0.3) is 0 Å². The molecule has 0 spiro atoms. The number of nitrogens with one attached hydrogen (secondary N) is 2. The summed E-state index contributed by atoms with van der Waals surface area (Å²) in [6, 6.07) is 9.48. The van der Waals surface area contributed by atoms with Gasteiger partial charge in [-0.1, -0.05) is 11.6 Å². The van der Waals surface area contributed by atoms with E-state index in [0.717, 1.165) is 54.7 Å². The zero-order valence-corrected chi connectivity index (χ0v) is 18.3. The van der Waals surface area contributed by atoms with Gasteiger partial charge in [-0.2, -0.15) is 5.10 Å². The number of benzene rings is 1. The first kappa shape index (κ1) is 21.7. The van der Waals surface area contributed by atoms with Gasteiger partial charge in [0.1, 0.15) is 5.82 Å². The molecule has 1 aromatic carbocycles. The van der Waals surface area contributed by atoms with Crippen molar-refractivity contribution in [2.24, 2.45) is 5.10 Å². The topological polar surface area (TPSA) is 102 Å². The van der Waals surface area contributed by atoms with Crippen LogP contribution in [0.5, 0.6) is 0 Å². The van der Waals surface area contributed by atoms with Gasteiger partial charge in [0.15, 0.2) is 5.78 Å². The summed E-state index contributed by atoms with van der Waals surface area (Å²) in [5, 5.41) is 11.0. The zero-order valence-electron chi connectivity index (χ0n) is 18.3. The van der Waals surface area contributed by atoms with Crippen LogP contribution in [-0.2, 0) is 6.42 Å². The number of rotatable bonds is 5. The fourth-order valence-electron chi connectivity index (χ4n) is 4.26. The average Bonchev–Trinajstić information content (AvgIpc) is 3.06. The normalized spacial score (nSPS) is 16.6. The maximum atomic E-state index is 13.3. The number of hydrogen-bond donors (Lipinski definition) is 2. The van der Waals surface area contributed by atoms with E-state index in [-0.39, 0.29) is 11.7 Å². The molecule has 1 amide bonds. The molecule has 2 heterocycles. The summed E-state index contributed by atoms with van der Waals surface area (Å²) >= 11 is 0. The fourth-order valence-corrected chi connectivity index (χ4v) is 4.26. The van der Waals surface area contributed by atoms with Crippen LogP contribution >= 0.6 is 0 Å². The molecule has 0 radical (unpaired) electrons. The number of aryl methyl sites for hydroxylation is 2. The first-order chi connectivity index (χ1) is 15.6. The fraction of sp³-hybridized carbons (Fsp3) is 0.375. The largest absolute Gasteiger partial charge is 0.355 e. The molecule has 0 unspecified atom stereocenters. The molecule has 2 aromatic rings. The van der Waals surface area contributed by atoms with Crippen molar-refractivity contribution in [3.05, 3.63) is 52.7 Å². The van der Waals surface area contributed by atoms with Crippen molar-refractivity contribution in [2.45, 2.75) is 32.6 Å². The van der Waals surface area contributed by atoms with Crippen LogP contribution in [0.1, 0.15) is 51.2 Å². The van der Waals surface area contributed by atoms with Gasteiger partial charge >= 0.3 is 0 Å². The lowest BCUT2D eigenvalue weighted by molar-refractivity contribution is 0.0767. The molecule has 2 aliphatic rings. The molecule has 1 aliphatic heterocycles. The molecule has 0 atom stereocenters. The summed E-state index contributed by atoms with van der Waals surface area (Å²) in [4.78, 5) is 34.3. The number of carbonyl (C=O) groups is 2. The van der Waals surface area contributed by atoms with Crippen LogP contribution in [0.15, 0.2) is 35.4 Å². The Hall–Kier alpha value is -3.55. The van der Waals surface area contributed by atoms with Gasteiger partial charge in [-0.05, 0) is 50.5 Å². The average molecular weight is 433 g/mol. The monoisotopic (exact) mass is 432 g/mol. The van der Waals surface area contributed by atoms with Crippen molar-refractivity contribution >= 4 is 35.6 Å². The number of pyridine rings is 1. The maximum absolute atomic E-state index is 13.3. The van der Waals surface area contributed by atoms with Gasteiger partial charge in [0.25, 0.3) is 5.91 Å². The summed E-state index contributed by atoms with van der Waals surface area (Å²) in [7, 11) is 0. The Morgan fingerprint density at radius 3 is 2.84 bits per heavy atom. The van der Waals surface area contributed by atoms with Gasteiger partial charge in [0, 0.05) is 44.4 Å². The van der Waals surface area contributed by atoms with Gasteiger partial charge in [-0.3, -0.25) is 15.0 Å². The highest BCUT2D eigenvalue weighted by atomic mass is 16.2. The molecule has 1 aliphatic carbocycles. The van der Waals surface area contributed by atoms with Gasteiger partial charge in [0.2, 0.25) is 0 Å². The number of carbonyl (C=O) groups excluding carboxylic acids is 2. The summed E-state index contributed by atoms with van der Waals surface area (Å²) in [5.74, 6) is 1.03. The molecule has 1 aromatic heterocycles. The standard InChI is InChI=1S/C24H28N6O2/c1-17-6-8-21(28-26-11-10-25)19(16-17)24(32)30-13-3-12-29(14-15-30)23-9-7-18-20(27-23)4-2-5-22(18)31/h6-11,16,25,28H,2-5,12-15H2,1H3/b25-10?,26-11-. The van der Waals surface area contributed by atoms with Crippen LogP contribution in [0.4, 0.5) is 11.5 Å². The highest BCUT2D eigenvalue weighted by Gasteiger charge is 2.24. The predicted molar refractivity (Wildman–Crippen MR) is 126 cm³/mol. The van der Waals surface area contributed by atoms with Crippen LogP contribution in [-0.4, -0.2) is 60.2 Å². The Morgan fingerprint density at radius 2 is 2.00 bits per heavy atom. The SMILES string of the molecule is Cc1ccc(N/N=C\C=N)c(C(=O)N2CCCN(c3ccc4c(n3)CCCC4=O)CC2)c1. The van der Waals surface area contributed by atoms with Crippen molar-refractivity contribution in [3.8, 4) is 0 Å². The van der Waals surface area contributed by atoms with Crippen LogP contribution in [0.3, 0.4) is 0 Å². The Bertz CT molecular complexity index is 1060. The van der Waals surface area contributed by atoms with E-state index in [1.54, 1.807) is 0 Å². The van der Waals surface area contributed by atoms with Gasteiger partial charge in [-0.15, -0.1) is 0 Å². The molecule has 8 nitrogen and oxygen atoms in total. The van der Waals surface area contributed by atoms with E-state index in [0.29, 0.717) is 37.3 Å². The smallest absolute Gasteiger partial charge is 0.256 e. The van der Waals surface area contributed by atoms with Crippen molar-refractivity contribution in [1.29, 1.82) is 5.41 Å². The van der Waals surface area contributed by atoms with Crippen molar-refractivity contribution in [1.82, 2.24) is 9.88 Å². The number of Topliss-reactive ketones (excluding diaryl/α,β-unsaturated/α-hetero) is 1. The quantitative estimate of drug-likeness (QED) is 0.558. The van der Waals surface area contributed by atoms with Crippen molar-refractivity contribution < 1.29 is 9.59 Å². The summed E-state index contributed by atoms with van der Waals surface area (Å²) < 4.78 is 0. The molecule has 32 heavy (non-hydrogen) atoms. The van der Waals surface area contributed by atoms with E-state index in [9.17, 15) is 9.59 Å². The zero-order chi connectivity index (χ0) is 22.5. The highest BCUT2D eigenvalue weighted by molar-refractivity contribution is 6.14. The van der Waals surface area contributed by atoms with Crippen LogP contribution in [0.2, 0.25) is 0 Å². The molecule has 2 N–H and O–H groups in total. The third-order valence-electron chi connectivity index (χ3n) is 5.92. The molecule has 4 rings (SSSR count). The first-order valence-corrected chi connectivity index (χ1v) is 11.0. The van der Waals surface area contributed by atoms with E-state index in [2.05, 4.69) is 15.4 Å². The highest BCUT2D eigenvalue weighted by Crippen LogP contribution is 2.25. The molecular weight excluding hydrogens is 404 g/mol. The Labute approximate surface area is 187 Å². The van der Waals surface area contributed by atoms with E-state index >= 15 is 0 Å². The number of aromatic nitrogens is 1. The summed E-state index contributed by atoms with van der Waals surface area (Å²) in [6.45, 7) is 4.71. The minimum atomic E-state index is -0.0351. The molecule has 1 fully saturated rings. The summed E-state index contributed by atoms with van der Waals surface area (Å²) in [5.41, 5.74) is 6.73. The number of amides is 1. The lowest BCUT2D eigenvalue weighted by Gasteiger charge is -2.25. The number of anilines is 2. The summed E-state index contributed by atoms with van der Waals surface area (Å²) in [6.07, 6.45) is 5.56. The molecule has 8 heteroatoms. The lowest BCUT2D eigenvalue weighted by atomic mass is 9.95. The number of fused-ring (bicyclic) bond motifs is 1. The van der Waals surface area contributed by atoms with E-state index < -0.39 is 0 Å². The van der Waals surface area contributed by atoms with Gasteiger partial charge in [-0.25, -0.2) is 4.98 Å². The molecule has 0 bridgehead atoms. The predicted octanol–water partition coefficient (Wildman–Crippen LogP) is 3.31. The third kappa shape index (κ3) is 4.69. The molecule has 166 valence electrons. The number of nitrogens with zero attached hydrogens (tertiary/aromatic N) is 4. The molecule has 0 saturated carbocycles. The Morgan fingerprint density at radius 1 is 1.12 bits per heavy atom. The minimum Gasteiger partial charge on any atom is -0.355 e. The van der Waals surface area contributed by atoms with E-state index in [4.69, 9.17) is 10.4 Å². The number of ketones is 1. The number of hydrogen-bond acceptors (Lipinski definition) is 7. The Balaban J connectivity index is 1.49. The minimum absolute atomic E-state index is 0.0351. The van der Waals surface area contributed by atoms with Gasteiger partial charge < -0.3 is 15.2 Å². The second-order valence-electron chi connectivity index (χ2n) is 8.18. The second-order valence-corrected chi connectivity index (χ2v) is 8.18. The Kier molecular flexibility index (Phi) is 6.58. The molecule has 1 saturated heterocycles. The van der Waals surface area contributed by atoms with E-state index in [1.807, 2.05) is 42.2 Å². The third-order valence-corrected chi connectivity index (χ3v) is 5.92. The van der Waals surface area contributed by atoms with E-state index in [1.165, 1.54) is 6.21 Å². The molecular formula is C24H28N6O2. The second kappa shape index (κ2) is 9.72. The van der Waals surface area contributed by atoms with Crippen molar-refractivity contribution in [2.75, 3.05) is 36.5 Å². The van der Waals surface area contributed by atoms with Crippen LogP contribution in [0, 0.1) is 12.3 Å². The van der Waals surface area contributed by atoms with Crippen molar-refractivity contribution in [3.63, 3.8) is 0 Å².